The van der Waals surface area contributed by atoms with E-state index in [0.29, 0.717) is 11.3 Å². The Hall–Kier alpha value is -0.670. The maximum absolute atomic E-state index is 5.77. The molecule has 0 saturated carbocycles. The Labute approximate surface area is 114 Å². The summed E-state index contributed by atoms with van der Waals surface area (Å²) in [5.41, 5.74) is 1.32. The molecule has 1 fully saturated rings. The summed E-state index contributed by atoms with van der Waals surface area (Å²) in [7, 11) is 0. The number of hydrogen-bond donors (Lipinski definition) is 1. The van der Waals surface area contributed by atoms with E-state index >= 15 is 0 Å². The summed E-state index contributed by atoms with van der Waals surface area (Å²) in [5, 5.41) is 4.33. The van der Waals surface area contributed by atoms with Crippen molar-refractivity contribution in [3.8, 4) is 5.75 Å². The zero-order valence-electron chi connectivity index (χ0n) is 11.3. The van der Waals surface area contributed by atoms with Gasteiger partial charge in [0.15, 0.2) is 0 Å². The van der Waals surface area contributed by atoms with E-state index in [-0.39, 0.29) is 0 Å². The highest BCUT2D eigenvalue weighted by molar-refractivity contribution is 8.00. The molecule has 1 aromatic rings. The zero-order chi connectivity index (χ0) is 12.8. The SMILES string of the molecule is CCNC(c1ccccc1OCC)C1CCCS1. The number of nitrogens with one attached hydrogen (secondary N) is 1. The lowest BCUT2D eigenvalue weighted by molar-refractivity contribution is 0.330. The summed E-state index contributed by atoms with van der Waals surface area (Å²) in [5.74, 6) is 2.34. The first-order valence-corrected chi connectivity index (χ1v) is 7.98. The molecule has 100 valence electrons. The number of hydrogen-bond acceptors (Lipinski definition) is 3. The maximum Gasteiger partial charge on any atom is 0.124 e. The van der Waals surface area contributed by atoms with Gasteiger partial charge in [-0.15, -0.1) is 0 Å². The average molecular weight is 265 g/mol. The van der Waals surface area contributed by atoms with Crippen molar-refractivity contribution in [3.63, 3.8) is 0 Å². The molecule has 1 aliphatic heterocycles. The minimum atomic E-state index is 0.422. The first kappa shape index (κ1) is 13.8. The first-order chi connectivity index (χ1) is 8.86. The van der Waals surface area contributed by atoms with Crippen LogP contribution in [0.1, 0.15) is 38.3 Å². The fraction of sp³-hybridized carbons (Fsp3) is 0.600. The largest absolute Gasteiger partial charge is 0.494 e. The molecule has 1 aromatic carbocycles. The topological polar surface area (TPSA) is 21.3 Å². The minimum absolute atomic E-state index is 0.422. The third-order valence-corrected chi connectivity index (χ3v) is 4.78. The number of benzene rings is 1. The Bertz CT molecular complexity index is 363. The first-order valence-electron chi connectivity index (χ1n) is 6.93. The summed E-state index contributed by atoms with van der Waals surface area (Å²) in [6.45, 7) is 5.95. The lowest BCUT2D eigenvalue weighted by Gasteiger charge is -2.26. The van der Waals surface area contributed by atoms with Gasteiger partial charge in [0.25, 0.3) is 0 Å². The highest BCUT2D eigenvalue weighted by atomic mass is 32.2. The Balaban J connectivity index is 2.23. The van der Waals surface area contributed by atoms with E-state index in [1.54, 1.807) is 0 Å². The Kier molecular flexibility index (Phi) is 5.39. The van der Waals surface area contributed by atoms with Gasteiger partial charge >= 0.3 is 0 Å². The molecule has 0 radical (unpaired) electrons. The number of para-hydroxylation sites is 1. The zero-order valence-corrected chi connectivity index (χ0v) is 12.1. The van der Waals surface area contributed by atoms with Crippen LogP contribution in [0.2, 0.25) is 0 Å². The third-order valence-electron chi connectivity index (χ3n) is 3.31. The van der Waals surface area contributed by atoms with Crippen molar-refractivity contribution >= 4 is 11.8 Å². The van der Waals surface area contributed by atoms with Gasteiger partial charge in [0.2, 0.25) is 0 Å². The van der Waals surface area contributed by atoms with Crippen LogP contribution in [0.4, 0.5) is 0 Å². The predicted octanol–water partition coefficient (Wildman–Crippen LogP) is 3.63. The maximum atomic E-state index is 5.77. The van der Waals surface area contributed by atoms with Crippen LogP contribution in [0.15, 0.2) is 24.3 Å². The number of rotatable bonds is 6. The molecule has 18 heavy (non-hydrogen) atoms. The summed E-state index contributed by atoms with van der Waals surface area (Å²) in [6.07, 6.45) is 2.65. The van der Waals surface area contributed by atoms with Crippen molar-refractivity contribution in [3.05, 3.63) is 29.8 Å². The highest BCUT2D eigenvalue weighted by Crippen LogP contribution is 2.38. The lowest BCUT2D eigenvalue weighted by atomic mass is 9.99. The summed E-state index contributed by atoms with van der Waals surface area (Å²) in [6, 6.07) is 8.88. The molecule has 0 bridgehead atoms. The van der Waals surface area contributed by atoms with Crippen LogP contribution in [-0.4, -0.2) is 24.2 Å². The number of ether oxygens (including phenoxy) is 1. The quantitative estimate of drug-likeness (QED) is 0.848. The van der Waals surface area contributed by atoms with E-state index < -0.39 is 0 Å². The van der Waals surface area contributed by atoms with E-state index in [2.05, 4.69) is 48.3 Å². The van der Waals surface area contributed by atoms with E-state index in [9.17, 15) is 0 Å². The van der Waals surface area contributed by atoms with Crippen LogP contribution in [0, 0.1) is 0 Å². The van der Waals surface area contributed by atoms with Gasteiger partial charge < -0.3 is 10.1 Å². The third kappa shape index (κ3) is 3.21. The second kappa shape index (κ2) is 7.05. The summed E-state index contributed by atoms with van der Waals surface area (Å²) < 4.78 is 5.77. The van der Waals surface area contributed by atoms with Gasteiger partial charge in [0.05, 0.1) is 6.61 Å². The van der Waals surface area contributed by atoms with Crippen molar-refractivity contribution in [2.45, 2.75) is 38.0 Å². The predicted molar refractivity (Wildman–Crippen MR) is 79.5 cm³/mol. The van der Waals surface area contributed by atoms with Gasteiger partial charge in [-0.2, -0.15) is 11.8 Å². The summed E-state index contributed by atoms with van der Waals surface area (Å²) in [4.78, 5) is 0. The van der Waals surface area contributed by atoms with Gasteiger partial charge in [0, 0.05) is 16.9 Å². The molecular weight excluding hydrogens is 242 g/mol. The molecule has 0 aromatic heterocycles. The van der Waals surface area contributed by atoms with Gasteiger partial charge in [-0.3, -0.25) is 0 Å². The Morgan fingerprint density at radius 2 is 2.22 bits per heavy atom. The van der Waals surface area contributed by atoms with Crippen LogP contribution in [0.3, 0.4) is 0 Å². The lowest BCUT2D eigenvalue weighted by Crippen LogP contribution is -2.29. The highest BCUT2D eigenvalue weighted by Gasteiger charge is 2.28. The van der Waals surface area contributed by atoms with Crippen molar-refractivity contribution in [2.75, 3.05) is 18.9 Å². The van der Waals surface area contributed by atoms with E-state index in [0.717, 1.165) is 18.9 Å². The summed E-state index contributed by atoms with van der Waals surface area (Å²) >= 11 is 2.09. The fourth-order valence-corrected chi connectivity index (χ4v) is 3.96. The van der Waals surface area contributed by atoms with E-state index in [1.807, 2.05) is 6.92 Å². The molecule has 0 spiro atoms. The van der Waals surface area contributed by atoms with Crippen molar-refractivity contribution in [1.29, 1.82) is 0 Å². The molecule has 1 heterocycles. The van der Waals surface area contributed by atoms with Crippen LogP contribution in [0.5, 0.6) is 5.75 Å². The number of thioether (sulfide) groups is 1. The van der Waals surface area contributed by atoms with Gasteiger partial charge in [0.1, 0.15) is 5.75 Å². The fourth-order valence-electron chi connectivity index (χ4n) is 2.55. The molecule has 2 nitrogen and oxygen atoms in total. The van der Waals surface area contributed by atoms with Crippen LogP contribution < -0.4 is 10.1 Å². The molecule has 2 rings (SSSR count). The molecule has 1 saturated heterocycles. The monoisotopic (exact) mass is 265 g/mol. The second-order valence-corrected chi connectivity index (χ2v) is 5.90. The van der Waals surface area contributed by atoms with Crippen LogP contribution >= 0.6 is 11.8 Å². The van der Waals surface area contributed by atoms with E-state index in [1.165, 1.54) is 24.2 Å². The Morgan fingerprint density at radius 1 is 1.39 bits per heavy atom. The molecule has 2 unspecified atom stereocenters. The van der Waals surface area contributed by atoms with Gasteiger partial charge in [-0.1, -0.05) is 25.1 Å². The molecule has 0 aliphatic carbocycles. The molecule has 3 heteroatoms. The molecular formula is C15H23NOS. The normalized spacial score (nSPS) is 20.9. The molecule has 1 N–H and O–H groups in total. The van der Waals surface area contributed by atoms with Crippen LogP contribution in [-0.2, 0) is 0 Å². The van der Waals surface area contributed by atoms with E-state index in [4.69, 9.17) is 4.74 Å². The minimum Gasteiger partial charge on any atom is -0.494 e. The van der Waals surface area contributed by atoms with Crippen molar-refractivity contribution in [2.24, 2.45) is 0 Å². The van der Waals surface area contributed by atoms with Crippen LogP contribution in [0.25, 0.3) is 0 Å². The standard InChI is InChI=1S/C15H23NOS/c1-3-16-15(14-10-7-11-18-14)12-8-5-6-9-13(12)17-4-2/h5-6,8-9,14-16H,3-4,7,10-11H2,1-2H3. The van der Waals surface area contributed by atoms with Gasteiger partial charge in [-0.25, -0.2) is 0 Å². The van der Waals surface area contributed by atoms with Crippen molar-refractivity contribution < 1.29 is 4.74 Å². The Morgan fingerprint density at radius 3 is 2.89 bits per heavy atom. The molecule has 0 amide bonds. The van der Waals surface area contributed by atoms with Gasteiger partial charge in [-0.05, 0) is 38.1 Å². The van der Waals surface area contributed by atoms with Crippen molar-refractivity contribution in [1.82, 2.24) is 5.32 Å². The molecule has 2 atom stereocenters. The smallest absolute Gasteiger partial charge is 0.124 e. The molecule has 1 aliphatic rings. The second-order valence-electron chi connectivity index (χ2n) is 4.56. The average Bonchev–Trinajstić information content (AvgIpc) is 2.91.